The summed E-state index contributed by atoms with van der Waals surface area (Å²) in [6.45, 7) is 4.23. The third kappa shape index (κ3) is 2.28. The SMILES string of the molecule is CC1CN(CC2CCCN2)C(=O)C(=O)N1. The van der Waals surface area contributed by atoms with Crippen molar-refractivity contribution in [2.45, 2.75) is 31.8 Å². The molecule has 15 heavy (non-hydrogen) atoms. The predicted molar refractivity (Wildman–Crippen MR) is 55.2 cm³/mol. The zero-order valence-corrected chi connectivity index (χ0v) is 8.95. The molecule has 2 unspecified atom stereocenters. The van der Waals surface area contributed by atoms with Gasteiger partial charge in [-0.2, -0.15) is 0 Å². The molecule has 0 aromatic carbocycles. The number of piperazine rings is 1. The lowest BCUT2D eigenvalue weighted by Gasteiger charge is -2.32. The monoisotopic (exact) mass is 211 g/mol. The first kappa shape index (κ1) is 10.4. The molecule has 2 saturated heterocycles. The summed E-state index contributed by atoms with van der Waals surface area (Å²) < 4.78 is 0. The van der Waals surface area contributed by atoms with Crippen molar-refractivity contribution in [2.75, 3.05) is 19.6 Å². The summed E-state index contributed by atoms with van der Waals surface area (Å²) in [5.41, 5.74) is 0. The average Bonchev–Trinajstić information content (AvgIpc) is 2.66. The molecule has 2 heterocycles. The Bertz CT molecular complexity index is 274. The van der Waals surface area contributed by atoms with E-state index in [0.717, 1.165) is 19.4 Å². The van der Waals surface area contributed by atoms with Crippen molar-refractivity contribution in [1.82, 2.24) is 15.5 Å². The van der Waals surface area contributed by atoms with E-state index in [0.29, 0.717) is 19.1 Å². The highest BCUT2D eigenvalue weighted by Crippen LogP contribution is 2.09. The second-order valence-electron chi connectivity index (χ2n) is 4.38. The fraction of sp³-hybridized carbons (Fsp3) is 0.800. The molecular formula is C10H17N3O2. The molecule has 2 aliphatic heterocycles. The molecule has 0 spiro atoms. The van der Waals surface area contributed by atoms with Gasteiger partial charge in [0.25, 0.3) is 0 Å². The Balaban J connectivity index is 1.94. The van der Waals surface area contributed by atoms with Crippen molar-refractivity contribution in [1.29, 1.82) is 0 Å². The summed E-state index contributed by atoms with van der Waals surface area (Å²) in [4.78, 5) is 24.5. The van der Waals surface area contributed by atoms with E-state index in [-0.39, 0.29) is 11.9 Å². The van der Waals surface area contributed by atoms with Crippen LogP contribution >= 0.6 is 0 Å². The number of carbonyl (C=O) groups is 2. The lowest BCUT2D eigenvalue weighted by molar-refractivity contribution is -0.149. The Morgan fingerprint density at radius 3 is 2.93 bits per heavy atom. The summed E-state index contributed by atoms with van der Waals surface area (Å²) in [5.74, 6) is -0.853. The topological polar surface area (TPSA) is 61.4 Å². The van der Waals surface area contributed by atoms with Crippen molar-refractivity contribution in [3.8, 4) is 0 Å². The van der Waals surface area contributed by atoms with Crippen LogP contribution in [0.1, 0.15) is 19.8 Å². The van der Waals surface area contributed by atoms with Gasteiger partial charge in [-0.3, -0.25) is 9.59 Å². The van der Waals surface area contributed by atoms with Crippen LogP contribution in [0.2, 0.25) is 0 Å². The van der Waals surface area contributed by atoms with Crippen LogP contribution in [-0.2, 0) is 9.59 Å². The number of nitrogens with one attached hydrogen (secondary N) is 2. The molecule has 5 nitrogen and oxygen atoms in total. The first-order valence-corrected chi connectivity index (χ1v) is 5.50. The molecule has 84 valence electrons. The van der Waals surface area contributed by atoms with Crippen molar-refractivity contribution in [3.05, 3.63) is 0 Å². The first-order chi connectivity index (χ1) is 7.16. The van der Waals surface area contributed by atoms with Crippen LogP contribution in [0.4, 0.5) is 0 Å². The molecule has 2 atom stereocenters. The Morgan fingerprint density at radius 1 is 1.47 bits per heavy atom. The van der Waals surface area contributed by atoms with Gasteiger partial charge in [0.15, 0.2) is 0 Å². The average molecular weight is 211 g/mol. The Morgan fingerprint density at radius 2 is 2.27 bits per heavy atom. The smallest absolute Gasteiger partial charge is 0.312 e. The normalized spacial score (nSPS) is 31.9. The van der Waals surface area contributed by atoms with E-state index < -0.39 is 5.91 Å². The summed E-state index contributed by atoms with van der Waals surface area (Å²) in [7, 11) is 0. The van der Waals surface area contributed by atoms with Crippen LogP contribution in [0.25, 0.3) is 0 Å². The van der Waals surface area contributed by atoms with Crippen molar-refractivity contribution < 1.29 is 9.59 Å². The molecular weight excluding hydrogens is 194 g/mol. The molecule has 5 heteroatoms. The minimum atomic E-state index is -0.466. The maximum atomic E-state index is 11.5. The largest absolute Gasteiger partial charge is 0.344 e. The molecule has 0 saturated carbocycles. The lowest BCUT2D eigenvalue weighted by Crippen LogP contribution is -2.58. The minimum absolute atomic E-state index is 0.0663. The second kappa shape index (κ2) is 4.18. The lowest BCUT2D eigenvalue weighted by atomic mass is 10.1. The fourth-order valence-electron chi connectivity index (χ4n) is 2.22. The minimum Gasteiger partial charge on any atom is -0.344 e. The van der Waals surface area contributed by atoms with E-state index in [9.17, 15) is 9.59 Å². The molecule has 0 aromatic rings. The van der Waals surface area contributed by atoms with Gasteiger partial charge in [-0.05, 0) is 26.3 Å². The van der Waals surface area contributed by atoms with E-state index >= 15 is 0 Å². The molecule has 2 N–H and O–H groups in total. The fourth-order valence-corrected chi connectivity index (χ4v) is 2.22. The van der Waals surface area contributed by atoms with E-state index in [1.165, 1.54) is 0 Å². The highest BCUT2D eigenvalue weighted by molar-refractivity contribution is 6.35. The highest BCUT2D eigenvalue weighted by Gasteiger charge is 2.31. The van der Waals surface area contributed by atoms with Crippen LogP contribution < -0.4 is 10.6 Å². The molecule has 2 amide bonds. The van der Waals surface area contributed by atoms with Gasteiger partial charge in [0, 0.05) is 25.2 Å². The van der Waals surface area contributed by atoms with Crippen LogP contribution in [0.5, 0.6) is 0 Å². The maximum absolute atomic E-state index is 11.5. The van der Waals surface area contributed by atoms with Crippen LogP contribution in [0, 0.1) is 0 Å². The third-order valence-electron chi connectivity index (χ3n) is 2.96. The number of amides is 2. The third-order valence-corrected chi connectivity index (χ3v) is 2.96. The summed E-state index contributed by atoms with van der Waals surface area (Å²) in [6.07, 6.45) is 2.26. The van der Waals surface area contributed by atoms with Gasteiger partial charge in [0.05, 0.1) is 0 Å². The quantitative estimate of drug-likeness (QED) is 0.581. The van der Waals surface area contributed by atoms with E-state index in [1.807, 2.05) is 6.92 Å². The van der Waals surface area contributed by atoms with Gasteiger partial charge in [-0.25, -0.2) is 0 Å². The molecule has 2 aliphatic rings. The first-order valence-electron chi connectivity index (χ1n) is 5.50. The number of carbonyl (C=O) groups excluding carboxylic acids is 2. The van der Waals surface area contributed by atoms with Crippen molar-refractivity contribution in [2.24, 2.45) is 0 Å². The standard InChI is InChI=1S/C10H17N3O2/c1-7-5-13(10(15)9(14)12-7)6-8-3-2-4-11-8/h7-8,11H,2-6H2,1H3,(H,12,14). The molecule has 2 rings (SSSR count). The summed E-state index contributed by atoms with van der Waals surface area (Å²) in [6, 6.07) is 0.434. The predicted octanol–water partition coefficient (Wildman–Crippen LogP) is -0.915. The number of rotatable bonds is 2. The van der Waals surface area contributed by atoms with Crippen LogP contribution in [0.3, 0.4) is 0 Å². The van der Waals surface area contributed by atoms with Gasteiger partial charge in [0.1, 0.15) is 0 Å². The Kier molecular flexibility index (Phi) is 2.90. The van der Waals surface area contributed by atoms with Gasteiger partial charge in [-0.15, -0.1) is 0 Å². The van der Waals surface area contributed by atoms with E-state index in [4.69, 9.17) is 0 Å². The number of nitrogens with zero attached hydrogens (tertiary/aromatic N) is 1. The van der Waals surface area contributed by atoms with Crippen molar-refractivity contribution >= 4 is 11.8 Å². The zero-order valence-electron chi connectivity index (χ0n) is 8.95. The Labute approximate surface area is 89.2 Å². The van der Waals surface area contributed by atoms with Gasteiger partial charge < -0.3 is 15.5 Å². The van der Waals surface area contributed by atoms with E-state index in [2.05, 4.69) is 10.6 Å². The molecule has 0 aromatic heterocycles. The highest BCUT2D eigenvalue weighted by atomic mass is 16.2. The molecule has 0 radical (unpaired) electrons. The summed E-state index contributed by atoms with van der Waals surface area (Å²) in [5, 5.41) is 5.96. The maximum Gasteiger partial charge on any atom is 0.312 e. The number of hydrogen-bond acceptors (Lipinski definition) is 3. The molecule has 0 bridgehead atoms. The molecule has 2 fully saturated rings. The van der Waals surface area contributed by atoms with E-state index in [1.54, 1.807) is 4.90 Å². The van der Waals surface area contributed by atoms with Gasteiger partial charge in [0.2, 0.25) is 0 Å². The van der Waals surface area contributed by atoms with Gasteiger partial charge in [-0.1, -0.05) is 0 Å². The van der Waals surface area contributed by atoms with Crippen LogP contribution in [0.15, 0.2) is 0 Å². The van der Waals surface area contributed by atoms with Crippen LogP contribution in [-0.4, -0.2) is 48.4 Å². The Hall–Kier alpha value is -1.10. The second-order valence-corrected chi connectivity index (χ2v) is 4.38. The zero-order chi connectivity index (χ0) is 10.8. The van der Waals surface area contributed by atoms with Gasteiger partial charge >= 0.3 is 11.8 Å². The summed E-state index contributed by atoms with van der Waals surface area (Å²) >= 11 is 0. The number of hydrogen-bond donors (Lipinski definition) is 2. The molecule has 0 aliphatic carbocycles. The van der Waals surface area contributed by atoms with Crippen molar-refractivity contribution in [3.63, 3.8) is 0 Å².